The summed E-state index contributed by atoms with van der Waals surface area (Å²) in [4.78, 5) is 37.9. The molecule has 0 aliphatic carbocycles. The smallest absolute Gasteiger partial charge is 0.410 e. The number of carbonyl (C=O) groups is 3. The van der Waals surface area contributed by atoms with Crippen molar-refractivity contribution in [1.82, 2.24) is 20.4 Å². The number of amides is 2. The number of hydrogen-bond acceptors (Lipinski definition) is 6. The summed E-state index contributed by atoms with van der Waals surface area (Å²) in [6.45, 7) is 6.92. The highest BCUT2D eigenvalue weighted by Gasteiger charge is 2.32. The molecule has 9 heteroatoms. The molecule has 154 valence electrons. The van der Waals surface area contributed by atoms with Crippen molar-refractivity contribution >= 4 is 18.0 Å². The molecule has 0 aromatic carbocycles. The van der Waals surface area contributed by atoms with E-state index >= 15 is 0 Å². The van der Waals surface area contributed by atoms with Crippen LogP contribution in [0.1, 0.15) is 68.4 Å². The van der Waals surface area contributed by atoms with E-state index in [2.05, 4.69) is 15.5 Å². The lowest BCUT2D eigenvalue weighted by Gasteiger charge is -2.34. The van der Waals surface area contributed by atoms with Crippen LogP contribution in [0, 0.1) is 0 Å². The number of nitrogens with one attached hydrogen (secondary N) is 2. The fraction of sp³-hybridized carbons (Fsp3) is 0.684. The number of aromatic nitrogens is 2. The molecule has 3 heterocycles. The lowest BCUT2D eigenvalue weighted by molar-refractivity contribution is -0.124. The SMILES string of the molecule is CC(C)(C)OC(=O)N1CCCC(c2[nH]ncc2C(=O)OC2CCC(=O)NC2)C1. The van der Waals surface area contributed by atoms with Gasteiger partial charge in [0.15, 0.2) is 0 Å². The van der Waals surface area contributed by atoms with E-state index in [1.54, 1.807) is 4.90 Å². The maximum absolute atomic E-state index is 12.6. The Morgan fingerprint density at radius 1 is 1.29 bits per heavy atom. The summed E-state index contributed by atoms with van der Waals surface area (Å²) in [5, 5.41) is 9.63. The van der Waals surface area contributed by atoms with Crippen LogP contribution in [-0.2, 0) is 14.3 Å². The van der Waals surface area contributed by atoms with Gasteiger partial charge in [0.1, 0.15) is 17.3 Å². The Labute approximate surface area is 164 Å². The van der Waals surface area contributed by atoms with Crippen molar-refractivity contribution in [3.8, 4) is 0 Å². The minimum Gasteiger partial charge on any atom is -0.457 e. The molecule has 2 amide bonds. The molecule has 1 aromatic rings. The number of hydrogen-bond donors (Lipinski definition) is 2. The van der Waals surface area contributed by atoms with Gasteiger partial charge >= 0.3 is 12.1 Å². The Morgan fingerprint density at radius 2 is 2.07 bits per heavy atom. The number of esters is 1. The second-order valence-corrected chi connectivity index (χ2v) is 8.33. The van der Waals surface area contributed by atoms with Crippen LogP contribution in [0.3, 0.4) is 0 Å². The molecule has 2 atom stereocenters. The van der Waals surface area contributed by atoms with Gasteiger partial charge < -0.3 is 19.7 Å². The lowest BCUT2D eigenvalue weighted by Crippen LogP contribution is -2.42. The van der Waals surface area contributed by atoms with Gasteiger partial charge in [0, 0.05) is 25.4 Å². The standard InChI is InChI=1S/C19H28N4O5/c1-19(2,3)28-18(26)23-8-4-5-12(11-23)16-14(10-21-22-16)17(25)27-13-6-7-15(24)20-9-13/h10,12-13H,4-9,11H2,1-3H3,(H,20,24)(H,21,22). The molecular weight excluding hydrogens is 364 g/mol. The van der Waals surface area contributed by atoms with Crippen molar-refractivity contribution in [3.63, 3.8) is 0 Å². The molecule has 0 saturated carbocycles. The van der Waals surface area contributed by atoms with E-state index in [0.29, 0.717) is 43.7 Å². The third kappa shape index (κ3) is 5.02. The number of piperidine rings is 2. The quantitative estimate of drug-likeness (QED) is 0.760. The molecule has 2 saturated heterocycles. The van der Waals surface area contributed by atoms with Gasteiger partial charge in [0.05, 0.1) is 18.4 Å². The van der Waals surface area contributed by atoms with E-state index in [0.717, 1.165) is 12.8 Å². The average Bonchev–Trinajstić information content (AvgIpc) is 3.12. The number of carbonyl (C=O) groups excluding carboxylic acids is 3. The van der Waals surface area contributed by atoms with E-state index in [1.807, 2.05) is 20.8 Å². The van der Waals surface area contributed by atoms with E-state index in [4.69, 9.17) is 9.47 Å². The number of aromatic amines is 1. The predicted octanol–water partition coefficient (Wildman–Crippen LogP) is 1.96. The molecule has 2 fully saturated rings. The van der Waals surface area contributed by atoms with E-state index in [-0.39, 0.29) is 24.0 Å². The van der Waals surface area contributed by atoms with Crippen LogP contribution in [0.25, 0.3) is 0 Å². The Bertz CT molecular complexity index is 729. The van der Waals surface area contributed by atoms with Crippen LogP contribution in [0.15, 0.2) is 6.20 Å². The first-order valence-electron chi connectivity index (χ1n) is 9.72. The fourth-order valence-electron chi connectivity index (χ4n) is 3.50. The second kappa shape index (κ2) is 8.20. The van der Waals surface area contributed by atoms with Gasteiger partial charge in [-0.1, -0.05) is 0 Å². The zero-order valence-electron chi connectivity index (χ0n) is 16.6. The molecule has 9 nitrogen and oxygen atoms in total. The van der Waals surface area contributed by atoms with Gasteiger partial charge in [-0.2, -0.15) is 5.10 Å². The highest BCUT2D eigenvalue weighted by Crippen LogP contribution is 2.29. The number of rotatable bonds is 3. The van der Waals surface area contributed by atoms with Crippen molar-refractivity contribution in [1.29, 1.82) is 0 Å². The van der Waals surface area contributed by atoms with Crippen molar-refractivity contribution < 1.29 is 23.9 Å². The number of H-pyrrole nitrogens is 1. The van der Waals surface area contributed by atoms with E-state index < -0.39 is 11.6 Å². The topological polar surface area (TPSA) is 114 Å². The molecule has 1 aromatic heterocycles. The highest BCUT2D eigenvalue weighted by molar-refractivity contribution is 5.91. The van der Waals surface area contributed by atoms with Gasteiger partial charge in [-0.05, 0) is 40.0 Å². The zero-order valence-corrected chi connectivity index (χ0v) is 16.6. The van der Waals surface area contributed by atoms with Crippen molar-refractivity contribution in [3.05, 3.63) is 17.5 Å². The van der Waals surface area contributed by atoms with E-state index in [9.17, 15) is 14.4 Å². The monoisotopic (exact) mass is 392 g/mol. The normalized spacial score (nSPS) is 23.1. The molecule has 28 heavy (non-hydrogen) atoms. The van der Waals surface area contributed by atoms with Crippen LogP contribution in [-0.4, -0.2) is 64.4 Å². The number of likely N-dealkylation sites (tertiary alicyclic amines) is 1. The largest absolute Gasteiger partial charge is 0.457 e. The molecule has 0 bridgehead atoms. The Hall–Kier alpha value is -2.58. The Balaban J connectivity index is 1.64. The summed E-state index contributed by atoms with van der Waals surface area (Å²) < 4.78 is 11.0. The predicted molar refractivity (Wildman–Crippen MR) is 99.8 cm³/mol. The molecule has 3 rings (SSSR count). The maximum atomic E-state index is 12.6. The minimum absolute atomic E-state index is 0.0271. The lowest BCUT2D eigenvalue weighted by atomic mass is 9.93. The summed E-state index contributed by atoms with van der Waals surface area (Å²) >= 11 is 0. The van der Waals surface area contributed by atoms with Gasteiger partial charge in [-0.15, -0.1) is 0 Å². The second-order valence-electron chi connectivity index (χ2n) is 8.33. The first kappa shape index (κ1) is 20.2. The summed E-state index contributed by atoms with van der Waals surface area (Å²) in [5.41, 5.74) is 0.508. The molecule has 2 unspecified atom stereocenters. The molecular formula is C19H28N4O5. The minimum atomic E-state index is -0.553. The van der Waals surface area contributed by atoms with E-state index in [1.165, 1.54) is 6.20 Å². The first-order valence-corrected chi connectivity index (χ1v) is 9.72. The highest BCUT2D eigenvalue weighted by atomic mass is 16.6. The van der Waals surface area contributed by atoms with Crippen LogP contribution in [0.5, 0.6) is 0 Å². The Kier molecular flexibility index (Phi) is 5.90. The number of ether oxygens (including phenoxy) is 2. The summed E-state index contributed by atoms with van der Waals surface area (Å²) in [6.07, 6.45) is 3.29. The zero-order chi connectivity index (χ0) is 20.3. The molecule has 0 spiro atoms. The third-order valence-corrected chi connectivity index (χ3v) is 4.86. The first-order chi connectivity index (χ1) is 13.2. The number of nitrogens with zero attached hydrogens (tertiary/aromatic N) is 2. The summed E-state index contributed by atoms with van der Waals surface area (Å²) in [6, 6.07) is 0. The Morgan fingerprint density at radius 3 is 2.75 bits per heavy atom. The molecule has 0 radical (unpaired) electrons. The average molecular weight is 392 g/mol. The third-order valence-electron chi connectivity index (χ3n) is 4.86. The maximum Gasteiger partial charge on any atom is 0.410 e. The summed E-state index contributed by atoms with van der Waals surface area (Å²) in [7, 11) is 0. The van der Waals surface area contributed by atoms with Gasteiger partial charge in [0.25, 0.3) is 0 Å². The molecule has 2 N–H and O–H groups in total. The molecule has 2 aliphatic heterocycles. The van der Waals surface area contributed by atoms with Crippen molar-refractivity contribution in [2.45, 2.75) is 64.1 Å². The van der Waals surface area contributed by atoms with Crippen LogP contribution >= 0.6 is 0 Å². The van der Waals surface area contributed by atoms with Crippen LogP contribution in [0.2, 0.25) is 0 Å². The fourth-order valence-corrected chi connectivity index (χ4v) is 3.50. The van der Waals surface area contributed by atoms with Crippen LogP contribution in [0.4, 0.5) is 4.79 Å². The molecule has 2 aliphatic rings. The van der Waals surface area contributed by atoms with Gasteiger partial charge in [-0.3, -0.25) is 9.89 Å². The van der Waals surface area contributed by atoms with Crippen LogP contribution < -0.4 is 5.32 Å². The van der Waals surface area contributed by atoms with Gasteiger partial charge in [-0.25, -0.2) is 9.59 Å². The summed E-state index contributed by atoms with van der Waals surface area (Å²) in [5.74, 6) is -0.530. The van der Waals surface area contributed by atoms with Crippen molar-refractivity contribution in [2.24, 2.45) is 0 Å². The van der Waals surface area contributed by atoms with Crippen molar-refractivity contribution in [2.75, 3.05) is 19.6 Å². The van der Waals surface area contributed by atoms with Gasteiger partial charge in [0.2, 0.25) is 5.91 Å².